The first-order valence-electron chi connectivity index (χ1n) is 37.3. The van der Waals surface area contributed by atoms with Crippen LogP contribution in [0.3, 0.4) is 0 Å². The van der Waals surface area contributed by atoms with Crippen molar-refractivity contribution in [3.05, 3.63) is 0 Å². The van der Waals surface area contributed by atoms with Crippen LogP contribution in [0.15, 0.2) is 0 Å². The number of carboxylic acid groups (broad SMARTS) is 1. The molecule has 16 unspecified atom stereocenters. The Kier molecular flexibility index (Phi) is 36.8. The number of aliphatic hydroxyl groups excluding tert-OH is 19. The monoisotopic (exact) mass is 1590 g/mol. The molecular weight excluding hydrogens is 1470 g/mol. The predicted octanol–water partition coefficient (Wildman–Crippen LogP) is -9.91. The van der Waals surface area contributed by atoms with Crippen molar-refractivity contribution in [2.45, 2.75) is 242 Å². The maximum atomic E-state index is 12.6. The molecule has 636 valence electrons. The minimum atomic E-state index is -1.69. The molecule has 109 heavy (non-hydrogen) atoms. The Morgan fingerprint density at radius 1 is 0.284 bits per heavy atom. The van der Waals surface area contributed by atoms with E-state index in [0.29, 0.717) is 6.42 Å². The molecule has 40 nitrogen and oxygen atoms in total. The van der Waals surface area contributed by atoms with Gasteiger partial charge in [0.25, 0.3) is 0 Å². The molecule has 0 spiro atoms. The van der Waals surface area contributed by atoms with Gasteiger partial charge >= 0.3 is 6.16 Å². The van der Waals surface area contributed by atoms with Gasteiger partial charge in [-0.3, -0.25) is 4.79 Å². The van der Waals surface area contributed by atoms with Gasteiger partial charge in [0, 0.05) is 62.1 Å². The normalized spacial score (nSPS) is 45.8. The summed E-state index contributed by atoms with van der Waals surface area (Å²) in [5, 5.41) is 217. The predicted molar refractivity (Wildman–Crippen MR) is 360 cm³/mol. The van der Waals surface area contributed by atoms with Crippen molar-refractivity contribution in [2.75, 3.05) is 140 Å². The number of methoxy groups -OCH3 is 2. The lowest BCUT2D eigenvalue weighted by molar-refractivity contribution is -0.253. The minimum Gasteiger partial charge on any atom is -0.450 e. The van der Waals surface area contributed by atoms with Crippen molar-refractivity contribution in [2.24, 2.45) is 41.4 Å². The summed E-state index contributed by atoms with van der Waals surface area (Å²) in [6, 6.07) is 0. The van der Waals surface area contributed by atoms with E-state index in [1.807, 2.05) is 0 Å². The Morgan fingerprint density at radius 3 is 0.853 bits per heavy atom. The second-order valence-corrected chi connectivity index (χ2v) is 29.9. The zero-order valence-electron chi connectivity index (χ0n) is 62.1. The van der Waals surface area contributed by atoms with Crippen LogP contribution in [0.4, 0.5) is 4.79 Å². The average Bonchev–Trinajstić information content (AvgIpc) is 0.826. The maximum absolute atomic E-state index is 12.6. The summed E-state index contributed by atoms with van der Waals surface area (Å²) in [4.78, 5) is 23.8. The van der Waals surface area contributed by atoms with Crippen molar-refractivity contribution >= 4 is 11.9 Å². The number of Topliss-reactive ketones (excluding diaryl/α,β-unsaturated/α-hetero) is 1. The highest BCUT2D eigenvalue weighted by Crippen LogP contribution is 2.37. The van der Waals surface area contributed by atoms with Crippen molar-refractivity contribution in [1.29, 1.82) is 0 Å². The maximum Gasteiger partial charge on any atom is 0.506 e. The molecule has 8 aliphatic rings. The number of aliphatic hydroxyl groups is 19. The first-order valence-corrected chi connectivity index (χ1v) is 37.3. The van der Waals surface area contributed by atoms with Gasteiger partial charge < -0.3 is 187 Å². The molecule has 0 aromatic rings. The Hall–Kier alpha value is -2.50. The van der Waals surface area contributed by atoms with Crippen LogP contribution in [0.1, 0.15) is 40.5 Å². The highest BCUT2D eigenvalue weighted by atomic mass is 16.7. The molecule has 8 saturated heterocycles. The summed E-state index contributed by atoms with van der Waals surface area (Å²) < 4.78 is 104. The van der Waals surface area contributed by atoms with E-state index in [0.717, 1.165) is 0 Å². The molecule has 0 aliphatic carbocycles. The van der Waals surface area contributed by atoms with E-state index < -0.39 is 282 Å². The van der Waals surface area contributed by atoms with Gasteiger partial charge in [-0.1, -0.05) is 6.92 Å². The summed E-state index contributed by atoms with van der Waals surface area (Å²) in [7, 11) is 2.69. The lowest BCUT2D eigenvalue weighted by Crippen LogP contribution is -2.61. The number of ketones is 1. The van der Waals surface area contributed by atoms with Gasteiger partial charge in [-0.2, -0.15) is 0 Å². The smallest absolute Gasteiger partial charge is 0.450 e. The van der Waals surface area contributed by atoms with Crippen LogP contribution in [-0.2, 0) is 90.1 Å². The SMILES string of the molecule is CC[C@@H]1OC(CO)[C@H](COC[C@@H]2OC(CO)[C@@H](COC[C@@H]3OC(CC(C)=O)[C@@H](COC[C@@H]4OC(COC[C@@H]5OC(CO)[C@@H](COC[C@@H]6OC(C)[C@@H](COC[C@@H]7OC(C)[C@@H](COC[C@@H]8OC(COC)[C@@H](OC(=O)O)[C@@H](O)C8O)[C@@H](O)C7O)[C@@H](O)C6O)[C@@H](O)C5O)[C@@H](COC)[C@@H](O)C4O)[C@@H](O)C3O)[C@@H](O)C2O)[C@@H](O)C1O. The first-order chi connectivity index (χ1) is 51.9. The van der Waals surface area contributed by atoms with Gasteiger partial charge in [-0.15, -0.1) is 0 Å². The molecule has 20 N–H and O–H groups in total. The molecule has 40 heteroatoms. The molecule has 8 heterocycles. The number of hydrogen-bond acceptors (Lipinski definition) is 39. The Labute approximate surface area is 630 Å². The summed E-state index contributed by atoms with van der Waals surface area (Å²) in [6.45, 7) is -0.104. The fraction of sp³-hybridized carbons (Fsp3) is 0.971. The number of hydrogen-bond donors (Lipinski definition) is 20. The van der Waals surface area contributed by atoms with Crippen molar-refractivity contribution in [3.8, 4) is 0 Å². The Morgan fingerprint density at radius 2 is 0.532 bits per heavy atom. The highest BCUT2D eigenvalue weighted by Gasteiger charge is 2.54. The third-order valence-electron chi connectivity index (χ3n) is 22.6. The van der Waals surface area contributed by atoms with Gasteiger partial charge in [-0.05, 0) is 27.2 Å². The number of rotatable bonds is 39. The third kappa shape index (κ3) is 23.0. The van der Waals surface area contributed by atoms with Crippen LogP contribution in [0.5, 0.6) is 0 Å². The average molecular weight is 1590 g/mol. The molecule has 0 bridgehead atoms. The number of carbonyl (C=O) groups excluding carboxylic acids is 1. The molecule has 0 radical (unpaired) electrons. The fourth-order valence-corrected chi connectivity index (χ4v) is 15.9. The zero-order chi connectivity index (χ0) is 79.8. The van der Waals surface area contributed by atoms with Crippen molar-refractivity contribution < 1.29 is 197 Å². The van der Waals surface area contributed by atoms with Crippen molar-refractivity contribution in [1.82, 2.24) is 0 Å². The van der Waals surface area contributed by atoms with E-state index in [-0.39, 0.29) is 105 Å². The molecule has 8 fully saturated rings. The van der Waals surface area contributed by atoms with E-state index >= 15 is 0 Å². The molecule has 8 aliphatic heterocycles. The van der Waals surface area contributed by atoms with Gasteiger partial charge in [0.05, 0.1) is 217 Å². The lowest BCUT2D eigenvalue weighted by atomic mass is 9.85. The zero-order valence-corrected chi connectivity index (χ0v) is 62.1. The molecule has 8 rings (SSSR count). The van der Waals surface area contributed by atoms with Gasteiger partial charge in [0.15, 0.2) is 6.10 Å². The third-order valence-corrected chi connectivity index (χ3v) is 22.6. The van der Waals surface area contributed by atoms with Gasteiger partial charge in [0.2, 0.25) is 0 Å². The lowest BCUT2D eigenvalue weighted by Gasteiger charge is -2.45. The van der Waals surface area contributed by atoms with Gasteiger partial charge in [-0.25, -0.2) is 4.79 Å². The van der Waals surface area contributed by atoms with Crippen LogP contribution < -0.4 is 0 Å². The molecular formula is C69H120O40. The molecule has 0 aromatic carbocycles. The van der Waals surface area contributed by atoms with E-state index in [1.165, 1.54) is 21.1 Å². The van der Waals surface area contributed by atoms with Gasteiger partial charge in [0.1, 0.15) is 110 Å². The molecule has 0 amide bonds. The summed E-state index contributed by atoms with van der Waals surface area (Å²) in [5.41, 5.74) is 0. The standard InChI is InChI=1S/C69H120O40/c1-7-38-59(81)56(78)35(40(9-70)103-38)16-99-24-47-63(85)57(79)37(41(10-71)105-47)18-98-23-46-62(84)55(77)34(39(104-46)8-28(2)73)15-96-25-49-65(87)54(76)33(12-92-5)43(107-49)20-100-27-48-64(86)58(80)36(42(11-72)106-48)17-97-22-45-61(83)52(74)31(29(3)102-45)13-94-21-44-60(82)53(75)32(30(4)101-44)14-95-26-50-66(88)67(89)68(109-69(90)91)51(108-50)19-93-6/h29-68,70-72,74-89H,7-27H2,1-6H3,(H,90,91)/t29?,30?,31-,32-,33-,34-,35+,36-,37-,38+,39?,40?,41?,42?,43?,44+,45+,46+,47+,48+,49+,50+,51?,52-,53-,54-,55-,56-,57-,58-,59?,60?,61?,62?,63?,64?,65?,66?,67+,68-/m1/s1. The van der Waals surface area contributed by atoms with E-state index in [9.17, 15) is 107 Å². The van der Waals surface area contributed by atoms with E-state index in [4.69, 9.17) is 90.4 Å². The number of ether oxygens (including phenoxy) is 18. The summed E-state index contributed by atoms with van der Waals surface area (Å²) >= 11 is 0. The summed E-state index contributed by atoms with van der Waals surface area (Å²) in [5.74, 6) is -6.81. The van der Waals surface area contributed by atoms with Crippen LogP contribution in [0.25, 0.3) is 0 Å². The fourth-order valence-electron chi connectivity index (χ4n) is 15.9. The van der Waals surface area contributed by atoms with Crippen molar-refractivity contribution in [3.63, 3.8) is 0 Å². The molecule has 0 aromatic heterocycles. The molecule has 40 atom stereocenters. The number of carbonyl (C=O) groups is 2. The Bertz CT molecular complexity index is 2630. The van der Waals surface area contributed by atoms with Crippen LogP contribution in [0, 0.1) is 41.4 Å². The van der Waals surface area contributed by atoms with Crippen LogP contribution in [-0.4, -0.2) is 455 Å². The van der Waals surface area contributed by atoms with Crippen LogP contribution in [0.2, 0.25) is 0 Å². The van der Waals surface area contributed by atoms with E-state index in [1.54, 1.807) is 20.8 Å². The van der Waals surface area contributed by atoms with E-state index in [2.05, 4.69) is 0 Å². The first kappa shape index (κ1) is 92.0. The van der Waals surface area contributed by atoms with Crippen LogP contribution >= 0.6 is 0 Å². The topological polar surface area (TPSA) is 605 Å². The quantitative estimate of drug-likeness (QED) is 0.0254. The largest absolute Gasteiger partial charge is 0.506 e. The second kappa shape index (κ2) is 43.6. The molecule has 0 saturated carbocycles. The minimum absolute atomic E-state index is 0.124. The summed E-state index contributed by atoms with van der Waals surface area (Å²) in [6.07, 6.45) is -43.7. The second-order valence-electron chi connectivity index (χ2n) is 29.9. The Balaban J connectivity index is 0.740. The highest BCUT2D eigenvalue weighted by molar-refractivity contribution is 5.76.